The normalized spacial score (nSPS) is 20.2. The van der Waals surface area contributed by atoms with E-state index in [1.807, 2.05) is 19.9 Å². The summed E-state index contributed by atoms with van der Waals surface area (Å²) in [5.41, 5.74) is 4.49. The van der Waals surface area contributed by atoms with Gasteiger partial charge in [0.15, 0.2) is 0 Å². The van der Waals surface area contributed by atoms with Crippen molar-refractivity contribution >= 4 is 17.5 Å². The summed E-state index contributed by atoms with van der Waals surface area (Å²) in [5.74, 6) is 0.568. The summed E-state index contributed by atoms with van der Waals surface area (Å²) < 4.78 is 13.1. The standard InChI is InChI=1S/C13H15FN2.C2H6/c1-8-2-9-4-13-10(3-11(14)7-16-13)5-12(9)15-6-8;1-2/h3-5,8,15-16H,2,6-7H2,1H3;1-2H3. The van der Waals surface area contributed by atoms with Gasteiger partial charge in [0.25, 0.3) is 0 Å². The molecule has 1 aromatic carbocycles. The fourth-order valence-electron chi connectivity index (χ4n) is 2.40. The molecule has 1 atom stereocenters. The second-order valence-corrected chi connectivity index (χ2v) is 4.73. The van der Waals surface area contributed by atoms with Crippen LogP contribution in [-0.4, -0.2) is 13.1 Å². The van der Waals surface area contributed by atoms with Crippen LogP contribution in [-0.2, 0) is 6.42 Å². The number of benzene rings is 1. The Morgan fingerprint density at radius 2 is 1.94 bits per heavy atom. The minimum Gasteiger partial charge on any atom is -0.385 e. The van der Waals surface area contributed by atoms with Gasteiger partial charge in [-0.2, -0.15) is 0 Å². The van der Waals surface area contributed by atoms with E-state index in [0.717, 1.165) is 29.9 Å². The number of anilines is 2. The lowest BCUT2D eigenvalue weighted by Crippen LogP contribution is -2.21. The first kappa shape index (κ1) is 12.9. The van der Waals surface area contributed by atoms with Crippen LogP contribution >= 0.6 is 0 Å². The van der Waals surface area contributed by atoms with Crippen molar-refractivity contribution < 1.29 is 4.39 Å². The molecule has 2 nitrogen and oxygen atoms in total. The van der Waals surface area contributed by atoms with E-state index in [0.29, 0.717) is 12.5 Å². The Morgan fingerprint density at radius 3 is 2.72 bits per heavy atom. The summed E-state index contributed by atoms with van der Waals surface area (Å²) in [5, 5.41) is 6.50. The monoisotopic (exact) mass is 248 g/mol. The molecule has 0 spiro atoms. The van der Waals surface area contributed by atoms with Crippen molar-refractivity contribution in [3.63, 3.8) is 0 Å². The van der Waals surface area contributed by atoms with Crippen LogP contribution in [0.1, 0.15) is 31.9 Å². The second-order valence-electron chi connectivity index (χ2n) is 4.73. The molecule has 0 amide bonds. The van der Waals surface area contributed by atoms with Crippen LogP contribution in [0.15, 0.2) is 18.0 Å². The van der Waals surface area contributed by atoms with E-state index >= 15 is 0 Å². The Balaban J connectivity index is 0.000000574. The molecule has 0 bridgehead atoms. The van der Waals surface area contributed by atoms with Gasteiger partial charge in [0.1, 0.15) is 5.83 Å². The lowest BCUT2D eigenvalue weighted by molar-refractivity contribution is 0.594. The Bertz CT molecular complexity index is 466. The maximum Gasteiger partial charge on any atom is 0.120 e. The molecule has 2 aliphatic heterocycles. The minimum atomic E-state index is -0.100. The zero-order chi connectivity index (χ0) is 13.1. The highest BCUT2D eigenvalue weighted by Gasteiger charge is 2.18. The van der Waals surface area contributed by atoms with Crippen LogP contribution in [0.5, 0.6) is 0 Å². The quantitative estimate of drug-likeness (QED) is 0.723. The van der Waals surface area contributed by atoms with Gasteiger partial charge in [-0.25, -0.2) is 4.39 Å². The molecule has 3 heteroatoms. The van der Waals surface area contributed by atoms with Crippen LogP contribution in [0, 0.1) is 5.92 Å². The third kappa shape index (κ3) is 2.50. The Morgan fingerprint density at radius 1 is 1.17 bits per heavy atom. The van der Waals surface area contributed by atoms with E-state index in [1.165, 1.54) is 5.56 Å². The van der Waals surface area contributed by atoms with Gasteiger partial charge in [-0.15, -0.1) is 0 Å². The molecule has 1 aromatic rings. The van der Waals surface area contributed by atoms with Crippen molar-refractivity contribution in [1.82, 2.24) is 0 Å². The van der Waals surface area contributed by atoms with Crippen molar-refractivity contribution in [2.75, 3.05) is 23.7 Å². The Labute approximate surface area is 108 Å². The lowest BCUT2D eigenvalue weighted by atomic mass is 9.93. The predicted octanol–water partition coefficient (Wildman–Crippen LogP) is 4.05. The van der Waals surface area contributed by atoms with Crippen molar-refractivity contribution in [3.05, 3.63) is 29.1 Å². The molecule has 0 fully saturated rings. The van der Waals surface area contributed by atoms with Crippen LogP contribution in [0.3, 0.4) is 0 Å². The fourth-order valence-corrected chi connectivity index (χ4v) is 2.40. The summed E-state index contributed by atoms with van der Waals surface area (Å²) >= 11 is 0. The minimum absolute atomic E-state index is 0.100. The maximum absolute atomic E-state index is 13.1. The fraction of sp³-hybridized carbons (Fsp3) is 0.467. The molecule has 0 aromatic heterocycles. The first-order chi connectivity index (χ1) is 8.72. The zero-order valence-corrected chi connectivity index (χ0v) is 11.3. The van der Waals surface area contributed by atoms with E-state index < -0.39 is 0 Å². The van der Waals surface area contributed by atoms with E-state index in [-0.39, 0.29) is 5.83 Å². The number of halogens is 1. The highest BCUT2D eigenvalue weighted by Crippen LogP contribution is 2.33. The van der Waals surface area contributed by atoms with Crippen molar-refractivity contribution in [2.45, 2.75) is 27.2 Å². The van der Waals surface area contributed by atoms with E-state index in [4.69, 9.17) is 0 Å². The number of hydrogen-bond acceptors (Lipinski definition) is 2. The van der Waals surface area contributed by atoms with Gasteiger partial charge in [-0.05, 0) is 36.1 Å². The molecule has 2 heterocycles. The Kier molecular flexibility index (Phi) is 3.90. The smallest absolute Gasteiger partial charge is 0.120 e. The summed E-state index contributed by atoms with van der Waals surface area (Å²) in [6, 6.07) is 4.19. The number of hydrogen-bond donors (Lipinski definition) is 2. The van der Waals surface area contributed by atoms with Crippen molar-refractivity contribution in [1.29, 1.82) is 0 Å². The number of nitrogens with one attached hydrogen (secondary N) is 2. The molecule has 1 unspecified atom stereocenters. The highest BCUT2D eigenvalue weighted by molar-refractivity contribution is 5.77. The van der Waals surface area contributed by atoms with Crippen LogP contribution < -0.4 is 10.6 Å². The van der Waals surface area contributed by atoms with E-state index in [2.05, 4.69) is 23.6 Å². The van der Waals surface area contributed by atoms with Crippen LogP contribution in [0.4, 0.5) is 15.8 Å². The molecule has 2 N–H and O–H groups in total. The zero-order valence-electron chi connectivity index (χ0n) is 11.3. The van der Waals surface area contributed by atoms with Gasteiger partial charge < -0.3 is 10.6 Å². The van der Waals surface area contributed by atoms with Gasteiger partial charge >= 0.3 is 0 Å². The summed E-state index contributed by atoms with van der Waals surface area (Å²) in [4.78, 5) is 0. The molecule has 18 heavy (non-hydrogen) atoms. The second kappa shape index (κ2) is 5.42. The average molecular weight is 248 g/mol. The first-order valence-corrected chi connectivity index (χ1v) is 6.73. The lowest BCUT2D eigenvalue weighted by Gasteiger charge is -2.26. The Hall–Kier alpha value is -1.51. The number of fused-ring (bicyclic) bond motifs is 2. The maximum atomic E-state index is 13.1. The predicted molar refractivity (Wildman–Crippen MR) is 76.7 cm³/mol. The van der Waals surface area contributed by atoms with E-state index in [9.17, 15) is 4.39 Å². The summed E-state index contributed by atoms with van der Waals surface area (Å²) in [6.45, 7) is 7.56. The number of rotatable bonds is 0. The SMILES string of the molecule is CC.CC1CNc2cc3c(cc2C1)NCC(F)=C3. The third-order valence-electron chi connectivity index (χ3n) is 3.24. The molecule has 0 radical (unpaired) electrons. The summed E-state index contributed by atoms with van der Waals surface area (Å²) in [7, 11) is 0. The molecule has 0 saturated carbocycles. The van der Waals surface area contributed by atoms with Crippen molar-refractivity contribution in [3.8, 4) is 0 Å². The average Bonchev–Trinajstić information content (AvgIpc) is 2.39. The largest absolute Gasteiger partial charge is 0.385 e. The first-order valence-electron chi connectivity index (χ1n) is 6.73. The van der Waals surface area contributed by atoms with Gasteiger partial charge in [0.05, 0.1) is 6.54 Å². The third-order valence-corrected chi connectivity index (χ3v) is 3.24. The van der Waals surface area contributed by atoms with Crippen LogP contribution in [0.25, 0.3) is 6.08 Å². The van der Waals surface area contributed by atoms with Gasteiger partial charge in [0.2, 0.25) is 0 Å². The van der Waals surface area contributed by atoms with Crippen LogP contribution in [0.2, 0.25) is 0 Å². The van der Waals surface area contributed by atoms with Gasteiger partial charge in [-0.3, -0.25) is 0 Å². The molecule has 2 aliphatic rings. The topological polar surface area (TPSA) is 24.1 Å². The highest BCUT2D eigenvalue weighted by atomic mass is 19.1. The summed E-state index contributed by atoms with van der Waals surface area (Å²) in [6.07, 6.45) is 2.72. The molecule has 0 saturated heterocycles. The molecular formula is C15H21FN2. The molecule has 0 aliphatic carbocycles. The van der Waals surface area contributed by atoms with Gasteiger partial charge in [0, 0.05) is 23.5 Å². The van der Waals surface area contributed by atoms with Crippen molar-refractivity contribution in [2.24, 2.45) is 5.92 Å². The molecule has 3 rings (SSSR count). The van der Waals surface area contributed by atoms with E-state index in [1.54, 1.807) is 6.08 Å². The van der Waals surface area contributed by atoms with Gasteiger partial charge in [-0.1, -0.05) is 20.8 Å². The molecule has 98 valence electrons. The molecular weight excluding hydrogens is 227 g/mol.